The van der Waals surface area contributed by atoms with Gasteiger partial charge in [-0.3, -0.25) is 14.4 Å². The summed E-state index contributed by atoms with van der Waals surface area (Å²) < 4.78 is 17.6. The molecule has 310 valence electrons. The highest BCUT2D eigenvalue weighted by molar-refractivity contribution is 6.40. The van der Waals surface area contributed by atoms with E-state index < -0.39 is 35.3 Å². The molecule has 0 aliphatic carbocycles. The molecule has 0 bridgehead atoms. The molecule has 0 saturated carbocycles. The topological polar surface area (TPSA) is 224 Å². The fraction of sp³-hybridized carbons (Fsp3) is 0.350. The minimum Gasteiger partial charge on any atom is -0.455 e. The number of likely N-dealkylation sites (tertiary alicyclic amines) is 1. The number of fused-ring (bicyclic) bond motifs is 1. The van der Waals surface area contributed by atoms with Crippen LogP contribution in [0.2, 0.25) is 5.02 Å². The molecule has 59 heavy (non-hydrogen) atoms. The number of nitrogens with zero attached hydrogens (tertiary/aromatic N) is 5. The van der Waals surface area contributed by atoms with E-state index in [1.54, 1.807) is 93.4 Å². The lowest BCUT2D eigenvalue weighted by Gasteiger charge is -2.32. The number of methoxy groups -OCH3 is 1. The van der Waals surface area contributed by atoms with Crippen LogP contribution < -0.4 is 21.3 Å². The zero-order valence-electron chi connectivity index (χ0n) is 32.9. The van der Waals surface area contributed by atoms with Crippen molar-refractivity contribution in [1.82, 2.24) is 35.4 Å². The number of tetrazole rings is 1. The van der Waals surface area contributed by atoms with E-state index in [1.165, 1.54) is 17.1 Å². The molecule has 1 aliphatic heterocycles. The zero-order valence-corrected chi connectivity index (χ0v) is 33.7. The van der Waals surface area contributed by atoms with Crippen molar-refractivity contribution in [3.63, 3.8) is 0 Å². The van der Waals surface area contributed by atoms with Crippen LogP contribution in [0.5, 0.6) is 0 Å². The first kappa shape index (κ1) is 42.2. The number of amides is 5. The summed E-state index contributed by atoms with van der Waals surface area (Å²) in [5.41, 5.74) is 2.20. The van der Waals surface area contributed by atoms with Crippen molar-refractivity contribution in [3.05, 3.63) is 89.3 Å². The van der Waals surface area contributed by atoms with Gasteiger partial charge in [-0.1, -0.05) is 23.7 Å². The minimum absolute atomic E-state index is 0.0299. The summed E-state index contributed by atoms with van der Waals surface area (Å²) in [6, 6.07) is 16.5. The Morgan fingerprint density at radius 1 is 0.898 bits per heavy atom. The standard InChI is InChI=1S/C40H45ClN10O8/c1-40(2,3)59-38(55)33-21-25-20-28(10-11-30(25)45-33)43-35(52)32(47-37(54)36(53)46-31-22-26(41)7-12-34(31)51-23-42-48-49-51)19-24-5-8-27(9-6-24)44-39(56)50-15-13-29(14-16-50)58-18-17-57-4/h5-12,20-23,29,32,45H,13-19H2,1-4H3,(H,43,52)(H,44,56)(H,46,53)(H,47,54)/t32-/m0/s1. The maximum absolute atomic E-state index is 13.9. The number of hydrogen-bond donors (Lipinski definition) is 5. The first-order valence-electron chi connectivity index (χ1n) is 18.8. The Balaban J connectivity index is 1.15. The number of nitrogens with one attached hydrogen (secondary N) is 5. The van der Waals surface area contributed by atoms with Crippen LogP contribution >= 0.6 is 11.6 Å². The summed E-state index contributed by atoms with van der Waals surface area (Å²) in [5, 5.41) is 22.8. The first-order valence-corrected chi connectivity index (χ1v) is 19.2. The maximum atomic E-state index is 13.9. The summed E-state index contributed by atoms with van der Waals surface area (Å²) in [7, 11) is 1.62. The van der Waals surface area contributed by atoms with Crippen LogP contribution in [-0.2, 0) is 35.0 Å². The van der Waals surface area contributed by atoms with Crippen molar-refractivity contribution in [1.29, 1.82) is 0 Å². The number of benzene rings is 3. The molecule has 0 radical (unpaired) electrons. The molecule has 1 atom stereocenters. The molecule has 6 rings (SSSR count). The molecular formula is C40H45ClN10O8. The van der Waals surface area contributed by atoms with Gasteiger partial charge >= 0.3 is 23.8 Å². The van der Waals surface area contributed by atoms with Gasteiger partial charge in [0, 0.05) is 53.9 Å². The molecular weight excluding hydrogens is 784 g/mol. The molecule has 3 aromatic carbocycles. The average molecular weight is 829 g/mol. The smallest absolute Gasteiger partial charge is 0.355 e. The van der Waals surface area contributed by atoms with Gasteiger partial charge < -0.3 is 45.4 Å². The van der Waals surface area contributed by atoms with Gasteiger partial charge in [0.1, 0.15) is 23.7 Å². The van der Waals surface area contributed by atoms with Crippen LogP contribution in [0.1, 0.15) is 49.7 Å². The van der Waals surface area contributed by atoms with Gasteiger partial charge in [-0.15, -0.1) is 5.10 Å². The molecule has 5 aromatic rings. The number of hydrogen-bond acceptors (Lipinski definition) is 11. The zero-order chi connectivity index (χ0) is 42.1. The number of carbonyl (C=O) groups excluding carboxylic acids is 5. The molecule has 18 nitrogen and oxygen atoms in total. The lowest BCUT2D eigenvalue weighted by molar-refractivity contribution is -0.137. The molecule has 3 heterocycles. The number of urea groups is 1. The largest absolute Gasteiger partial charge is 0.455 e. The summed E-state index contributed by atoms with van der Waals surface area (Å²) in [6.45, 7) is 7.42. The number of piperidine rings is 1. The molecule has 2 aromatic heterocycles. The molecule has 1 fully saturated rings. The summed E-state index contributed by atoms with van der Waals surface area (Å²) in [5.74, 6) is -3.34. The van der Waals surface area contributed by atoms with Crippen LogP contribution in [-0.4, -0.2) is 111 Å². The number of esters is 1. The fourth-order valence-corrected chi connectivity index (χ4v) is 6.43. The van der Waals surface area contributed by atoms with Gasteiger partial charge in [0.2, 0.25) is 5.91 Å². The van der Waals surface area contributed by atoms with E-state index in [1.807, 2.05) is 0 Å². The third kappa shape index (κ3) is 11.6. The Morgan fingerprint density at radius 2 is 1.64 bits per heavy atom. The van der Waals surface area contributed by atoms with Crippen molar-refractivity contribution >= 4 is 69.3 Å². The second-order valence-electron chi connectivity index (χ2n) is 14.8. The second kappa shape index (κ2) is 18.9. The normalized spacial score (nSPS) is 13.7. The molecule has 5 amide bonds. The Morgan fingerprint density at radius 3 is 2.34 bits per heavy atom. The quantitative estimate of drug-likeness (QED) is 0.0621. The second-order valence-corrected chi connectivity index (χ2v) is 15.2. The highest BCUT2D eigenvalue weighted by Gasteiger charge is 2.27. The molecule has 5 N–H and O–H groups in total. The molecule has 0 unspecified atom stereocenters. The summed E-state index contributed by atoms with van der Waals surface area (Å²) >= 11 is 6.19. The third-order valence-corrected chi connectivity index (χ3v) is 9.39. The van der Waals surface area contributed by atoms with E-state index in [-0.39, 0.29) is 35.0 Å². The number of ether oxygens (including phenoxy) is 3. The Kier molecular flexibility index (Phi) is 13.5. The summed E-state index contributed by atoms with van der Waals surface area (Å²) in [6.07, 6.45) is 2.79. The number of carbonyl (C=O) groups is 5. The third-order valence-electron chi connectivity index (χ3n) is 9.15. The van der Waals surface area contributed by atoms with Crippen molar-refractivity contribution in [2.24, 2.45) is 0 Å². The molecule has 0 spiro atoms. The van der Waals surface area contributed by atoms with Crippen molar-refractivity contribution < 1.29 is 38.2 Å². The minimum atomic E-state index is -1.25. The Hall–Kier alpha value is -6.37. The van der Waals surface area contributed by atoms with Crippen molar-refractivity contribution in [2.75, 3.05) is 49.4 Å². The van der Waals surface area contributed by atoms with E-state index in [9.17, 15) is 24.0 Å². The monoisotopic (exact) mass is 828 g/mol. The van der Waals surface area contributed by atoms with Crippen molar-refractivity contribution in [3.8, 4) is 5.69 Å². The van der Waals surface area contributed by atoms with Gasteiger partial charge in [-0.05, 0) is 104 Å². The molecule has 1 saturated heterocycles. The fourth-order valence-electron chi connectivity index (χ4n) is 6.26. The van der Waals surface area contributed by atoms with Crippen molar-refractivity contribution in [2.45, 2.75) is 57.8 Å². The Bertz CT molecular complexity index is 2280. The Labute approximate surface area is 344 Å². The lowest BCUT2D eigenvalue weighted by atomic mass is 10.0. The number of aromatic amines is 1. The predicted molar refractivity (Wildman–Crippen MR) is 218 cm³/mol. The van der Waals surface area contributed by atoms with Crippen LogP contribution in [0.25, 0.3) is 16.6 Å². The van der Waals surface area contributed by atoms with Crippen LogP contribution in [0.15, 0.2) is 73.1 Å². The van der Waals surface area contributed by atoms with E-state index in [0.29, 0.717) is 59.8 Å². The van der Waals surface area contributed by atoms with Gasteiger partial charge in [-0.2, -0.15) is 4.68 Å². The lowest BCUT2D eigenvalue weighted by Crippen LogP contribution is -2.49. The number of anilines is 3. The number of rotatable bonds is 13. The highest BCUT2D eigenvalue weighted by atomic mass is 35.5. The van der Waals surface area contributed by atoms with E-state index >= 15 is 0 Å². The first-order chi connectivity index (χ1) is 28.2. The van der Waals surface area contributed by atoms with Gasteiger partial charge in [0.25, 0.3) is 0 Å². The number of halogens is 1. The van der Waals surface area contributed by atoms with Crippen LogP contribution in [0.4, 0.5) is 21.9 Å². The average Bonchev–Trinajstić information content (AvgIpc) is 3.89. The predicted octanol–water partition coefficient (Wildman–Crippen LogP) is 4.72. The highest BCUT2D eigenvalue weighted by Crippen LogP contribution is 2.25. The summed E-state index contributed by atoms with van der Waals surface area (Å²) in [4.78, 5) is 71.1. The number of H-pyrrole nitrogens is 1. The van der Waals surface area contributed by atoms with Gasteiger partial charge in [-0.25, -0.2) is 9.59 Å². The van der Waals surface area contributed by atoms with E-state index in [2.05, 4.69) is 41.8 Å². The number of aromatic nitrogens is 5. The SMILES string of the molecule is COCCOC1CCN(C(=O)Nc2ccc(C[C@H](NC(=O)C(=O)Nc3cc(Cl)ccc3-n3cnnn3)C(=O)Nc3ccc4[nH]c(C(=O)OC(C)(C)C)cc4c3)cc2)CC1. The van der Waals surface area contributed by atoms with Crippen LogP contribution in [0, 0.1) is 0 Å². The molecule has 1 aliphatic rings. The molecule has 19 heteroatoms. The van der Waals surface area contributed by atoms with Gasteiger partial charge in [0.05, 0.1) is 30.7 Å². The van der Waals surface area contributed by atoms with Crippen LogP contribution in [0.3, 0.4) is 0 Å². The van der Waals surface area contributed by atoms with E-state index in [4.69, 9.17) is 25.8 Å². The van der Waals surface area contributed by atoms with Gasteiger partial charge in [0.15, 0.2) is 0 Å². The van der Waals surface area contributed by atoms with E-state index in [0.717, 1.165) is 12.8 Å². The maximum Gasteiger partial charge on any atom is 0.355 e.